The molecule has 3 heteroatoms. The van der Waals surface area contributed by atoms with Crippen molar-refractivity contribution in [1.82, 2.24) is 0 Å². The molecule has 4 saturated carbocycles. The SMILES string of the molecule is CC12CCC3C(C(O)CC4CCCC[C@@]43C)C1CCC2CCCC(=O)O. The first-order valence-electron chi connectivity index (χ1n) is 11.3. The van der Waals surface area contributed by atoms with E-state index in [2.05, 4.69) is 13.8 Å². The van der Waals surface area contributed by atoms with Crippen molar-refractivity contribution in [3.63, 3.8) is 0 Å². The van der Waals surface area contributed by atoms with Gasteiger partial charge in [0, 0.05) is 6.42 Å². The van der Waals surface area contributed by atoms with Crippen LogP contribution in [0, 0.1) is 40.4 Å². The van der Waals surface area contributed by atoms with Crippen molar-refractivity contribution in [1.29, 1.82) is 0 Å². The highest BCUT2D eigenvalue weighted by Crippen LogP contribution is 2.67. The molecule has 0 saturated heterocycles. The van der Waals surface area contributed by atoms with Gasteiger partial charge in [-0.1, -0.05) is 26.7 Å². The van der Waals surface area contributed by atoms with Crippen LogP contribution in [0.25, 0.3) is 0 Å². The van der Waals surface area contributed by atoms with E-state index in [9.17, 15) is 9.90 Å². The minimum absolute atomic E-state index is 0.0985. The smallest absolute Gasteiger partial charge is 0.303 e. The van der Waals surface area contributed by atoms with Gasteiger partial charge in [0.1, 0.15) is 0 Å². The average Bonchev–Trinajstić information content (AvgIpc) is 2.92. The predicted octanol–water partition coefficient (Wildman–Crippen LogP) is 5.26. The van der Waals surface area contributed by atoms with Crippen LogP contribution in [0.3, 0.4) is 0 Å². The van der Waals surface area contributed by atoms with E-state index in [0.717, 1.165) is 25.2 Å². The molecule has 0 aromatic heterocycles. The molecule has 4 fully saturated rings. The molecular formula is C23H38O3. The van der Waals surface area contributed by atoms with Gasteiger partial charge in [0.15, 0.2) is 0 Å². The second-order valence-corrected chi connectivity index (χ2v) is 10.6. The molecule has 2 N–H and O–H groups in total. The molecule has 3 nitrogen and oxygen atoms in total. The minimum atomic E-state index is -0.660. The van der Waals surface area contributed by atoms with Crippen molar-refractivity contribution in [3.05, 3.63) is 0 Å². The van der Waals surface area contributed by atoms with Crippen LogP contribution in [0.1, 0.15) is 90.9 Å². The molecule has 7 unspecified atom stereocenters. The van der Waals surface area contributed by atoms with Crippen molar-refractivity contribution in [3.8, 4) is 0 Å². The first-order chi connectivity index (χ1) is 12.4. The molecule has 0 heterocycles. The molecule has 4 aliphatic rings. The summed E-state index contributed by atoms with van der Waals surface area (Å²) in [4.78, 5) is 10.9. The number of rotatable bonds is 4. The third kappa shape index (κ3) is 2.84. The Morgan fingerprint density at radius 1 is 1.00 bits per heavy atom. The van der Waals surface area contributed by atoms with Crippen LogP contribution in [0.15, 0.2) is 0 Å². The lowest BCUT2D eigenvalue weighted by Gasteiger charge is -2.62. The van der Waals surface area contributed by atoms with Crippen molar-refractivity contribution in [2.24, 2.45) is 40.4 Å². The Morgan fingerprint density at radius 2 is 1.77 bits per heavy atom. The van der Waals surface area contributed by atoms with Gasteiger partial charge in [-0.25, -0.2) is 0 Å². The van der Waals surface area contributed by atoms with Crippen LogP contribution in [0.4, 0.5) is 0 Å². The summed E-state index contributed by atoms with van der Waals surface area (Å²) < 4.78 is 0. The number of aliphatic carboxylic acids is 1. The minimum Gasteiger partial charge on any atom is -0.481 e. The Kier molecular flexibility index (Phi) is 4.91. The molecule has 4 rings (SSSR count). The monoisotopic (exact) mass is 362 g/mol. The molecule has 0 aromatic carbocycles. The Labute approximate surface area is 158 Å². The van der Waals surface area contributed by atoms with Crippen LogP contribution in [-0.4, -0.2) is 22.3 Å². The van der Waals surface area contributed by atoms with Crippen molar-refractivity contribution < 1.29 is 15.0 Å². The van der Waals surface area contributed by atoms with E-state index in [1.807, 2.05) is 0 Å². The molecule has 8 atom stereocenters. The lowest BCUT2D eigenvalue weighted by atomic mass is 9.44. The van der Waals surface area contributed by atoms with Gasteiger partial charge < -0.3 is 10.2 Å². The summed E-state index contributed by atoms with van der Waals surface area (Å²) in [6.45, 7) is 5.04. The molecule has 26 heavy (non-hydrogen) atoms. The molecule has 0 spiro atoms. The van der Waals surface area contributed by atoms with Crippen molar-refractivity contribution >= 4 is 5.97 Å². The van der Waals surface area contributed by atoms with Gasteiger partial charge in [-0.3, -0.25) is 4.79 Å². The highest BCUT2D eigenvalue weighted by atomic mass is 16.4. The summed E-state index contributed by atoms with van der Waals surface area (Å²) >= 11 is 0. The summed E-state index contributed by atoms with van der Waals surface area (Å²) in [5.74, 6) is 2.62. The molecule has 0 aromatic rings. The van der Waals surface area contributed by atoms with Crippen LogP contribution in [-0.2, 0) is 4.79 Å². The van der Waals surface area contributed by atoms with Gasteiger partial charge in [-0.2, -0.15) is 0 Å². The Bertz CT molecular complexity index is 546. The van der Waals surface area contributed by atoms with Gasteiger partial charge >= 0.3 is 5.97 Å². The summed E-state index contributed by atoms with van der Waals surface area (Å²) in [5, 5.41) is 20.2. The normalized spacial score (nSPS) is 50.6. The number of fused-ring (bicyclic) bond motifs is 5. The van der Waals surface area contributed by atoms with Gasteiger partial charge in [-0.05, 0) is 98.2 Å². The van der Waals surface area contributed by atoms with Gasteiger partial charge in [-0.15, -0.1) is 0 Å². The van der Waals surface area contributed by atoms with Gasteiger partial charge in [0.2, 0.25) is 0 Å². The van der Waals surface area contributed by atoms with Crippen molar-refractivity contribution in [2.75, 3.05) is 0 Å². The molecule has 0 radical (unpaired) electrons. The molecule has 0 bridgehead atoms. The zero-order chi connectivity index (χ0) is 18.5. The first kappa shape index (κ1) is 18.8. The number of carbonyl (C=O) groups is 1. The molecular weight excluding hydrogens is 324 g/mol. The van der Waals surface area contributed by atoms with E-state index in [1.165, 1.54) is 51.4 Å². The highest BCUT2D eigenvalue weighted by Gasteiger charge is 2.61. The van der Waals surface area contributed by atoms with Gasteiger partial charge in [0.05, 0.1) is 6.10 Å². The molecule has 0 amide bonds. The second-order valence-electron chi connectivity index (χ2n) is 10.6. The third-order valence-corrected chi connectivity index (χ3v) is 9.74. The number of aliphatic hydroxyl groups excluding tert-OH is 1. The van der Waals surface area contributed by atoms with E-state index in [4.69, 9.17) is 5.11 Å². The highest BCUT2D eigenvalue weighted by molar-refractivity contribution is 5.66. The lowest BCUT2D eigenvalue weighted by molar-refractivity contribution is -0.162. The summed E-state index contributed by atoms with van der Waals surface area (Å²) in [6.07, 6.45) is 13.7. The number of aliphatic hydroxyl groups is 1. The maximum absolute atomic E-state index is 11.2. The Hall–Kier alpha value is -0.570. The van der Waals surface area contributed by atoms with Crippen LogP contribution >= 0.6 is 0 Å². The number of hydrogen-bond acceptors (Lipinski definition) is 2. The maximum Gasteiger partial charge on any atom is 0.303 e. The Morgan fingerprint density at radius 3 is 2.54 bits per heavy atom. The maximum atomic E-state index is 11.2. The standard InChI is InChI=1S/C23H38O3/c1-22-12-4-3-6-16(22)14-19(24)21-17-10-9-15(7-5-8-20(25)26)23(17,2)13-11-18(21)22/h15-19,21,24H,3-14H2,1-2H3,(H,25,26)/t15?,16?,17?,18?,19?,21?,22-,23?/m0/s1. The number of carboxylic acids is 1. The predicted molar refractivity (Wildman–Crippen MR) is 103 cm³/mol. The third-order valence-electron chi connectivity index (χ3n) is 9.74. The largest absolute Gasteiger partial charge is 0.481 e. The van der Waals surface area contributed by atoms with E-state index in [-0.39, 0.29) is 6.10 Å². The quantitative estimate of drug-likeness (QED) is 0.717. The fourth-order valence-corrected chi connectivity index (χ4v) is 8.34. The topological polar surface area (TPSA) is 57.5 Å². The van der Waals surface area contributed by atoms with Crippen LogP contribution < -0.4 is 0 Å². The van der Waals surface area contributed by atoms with Gasteiger partial charge in [0.25, 0.3) is 0 Å². The van der Waals surface area contributed by atoms with Crippen molar-refractivity contribution in [2.45, 2.75) is 97.0 Å². The summed E-state index contributed by atoms with van der Waals surface area (Å²) in [5.41, 5.74) is 0.795. The second kappa shape index (κ2) is 6.79. The molecule has 148 valence electrons. The first-order valence-corrected chi connectivity index (χ1v) is 11.3. The molecule has 0 aliphatic heterocycles. The average molecular weight is 363 g/mol. The summed E-state index contributed by atoms with van der Waals surface area (Å²) in [6, 6.07) is 0. The summed E-state index contributed by atoms with van der Waals surface area (Å²) in [7, 11) is 0. The number of hydrogen-bond donors (Lipinski definition) is 2. The van der Waals surface area contributed by atoms with Crippen LogP contribution in [0.5, 0.6) is 0 Å². The fraction of sp³-hybridized carbons (Fsp3) is 0.957. The van der Waals surface area contributed by atoms with Crippen LogP contribution in [0.2, 0.25) is 0 Å². The van der Waals surface area contributed by atoms with E-state index in [1.54, 1.807) is 0 Å². The van der Waals surface area contributed by atoms with E-state index < -0.39 is 5.97 Å². The zero-order valence-corrected chi connectivity index (χ0v) is 16.8. The Balaban J connectivity index is 1.53. The van der Waals surface area contributed by atoms with E-state index in [0.29, 0.717) is 40.9 Å². The lowest BCUT2D eigenvalue weighted by Crippen LogP contribution is -2.57. The molecule has 4 aliphatic carbocycles. The number of carboxylic acid groups (broad SMARTS) is 1. The fourth-order valence-electron chi connectivity index (χ4n) is 8.34. The zero-order valence-electron chi connectivity index (χ0n) is 16.8. The van der Waals surface area contributed by atoms with E-state index >= 15 is 0 Å².